The molecule has 1 saturated heterocycles. The van der Waals surface area contributed by atoms with Crippen molar-refractivity contribution < 1.29 is 4.39 Å². The van der Waals surface area contributed by atoms with Crippen LogP contribution >= 0.6 is 15.9 Å². The summed E-state index contributed by atoms with van der Waals surface area (Å²) in [7, 11) is 0. The Morgan fingerprint density at radius 3 is 2.84 bits per heavy atom. The van der Waals surface area contributed by atoms with Gasteiger partial charge in [0.05, 0.1) is 0 Å². The predicted octanol–water partition coefficient (Wildman–Crippen LogP) is 3.50. The molecule has 0 bridgehead atoms. The van der Waals surface area contributed by atoms with Crippen molar-refractivity contribution in [1.82, 2.24) is 10.2 Å². The molecule has 0 radical (unpaired) electrons. The average Bonchev–Trinajstić information content (AvgIpc) is 2.44. The molecule has 4 heteroatoms. The topological polar surface area (TPSA) is 15.3 Å². The van der Waals surface area contributed by atoms with E-state index in [0.717, 1.165) is 49.1 Å². The van der Waals surface area contributed by atoms with E-state index in [4.69, 9.17) is 0 Å². The third-order valence-electron chi connectivity index (χ3n) is 3.55. The van der Waals surface area contributed by atoms with Crippen LogP contribution in [0, 0.1) is 5.82 Å². The Morgan fingerprint density at radius 1 is 1.42 bits per heavy atom. The van der Waals surface area contributed by atoms with Gasteiger partial charge >= 0.3 is 0 Å². The molecule has 1 aliphatic heterocycles. The number of allylic oxidation sites excluding steroid dienone is 1. The lowest BCUT2D eigenvalue weighted by Crippen LogP contribution is -2.45. The highest BCUT2D eigenvalue weighted by Gasteiger charge is 2.23. The molecule has 0 unspecified atom stereocenters. The van der Waals surface area contributed by atoms with Crippen molar-refractivity contribution in [2.45, 2.75) is 18.9 Å². The number of nitrogens with zero attached hydrogens (tertiary/aromatic N) is 1. The molecule has 0 aromatic heterocycles. The molecule has 1 aliphatic rings. The smallest absolute Gasteiger partial charge is 0.123 e. The maximum atomic E-state index is 13.5. The molecular weight excluding hydrogens is 307 g/mol. The quantitative estimate of drug-likeness (QED) is 0.833. The molecule has 0 aliphatic carbocycles. The van der Waals surface area contributed by atoms with Crippen LogP contribution in [0.15, 0.2) is 35.3 Å². The first-order valence-electron chi connectivity index (χ1n) is 6.73. The first kappa shape index (κ1) is 14.7. The number of hydrogen-bond donors (Lipinski definition) is 1. The molecule has 104 valence electrons. The lowest BCUT2D eigenvalue weighted by atomic mass is 9.99. The minimum absolute atomic E-state index is 0.170. The van der Waals surface area contributed by atoms with Crippen molar-refractivity contribution >= 4 is 15.9 Å². The number of halogens is 2. The van der Waals surface area contributed by atoms with Gasteiger partial charge in [0, 0.05) is 36.7 Å². The first-order valence-corrected chi connectivity index (χ1v) is 7.52. The summed E-state index contributed by atoms with van der Waals surface area (Å²) in [5.41, 5.74) is 1.05. The van der Waals surface area contributed by atoms with Crippen LogP contribution in [0.1, 0.15) is 24.4 Å². The fourth-order valence-electron chi connectivity index (χ4n) is 2.57. The molecule has 1 aromatic carbocycles. The molecule has 0 saturated carbocycles. The predicted molar refractivity (Wildman–Crippen MR) is 80.7 cm³/mol. The lowest BCUT2D eigenvalue weighted by Gasteiger charge is -2.35. The second-order valence-electron chi connectivity index (χ2n) is 4.83. The fraction of sp³-hybridized carbons (Fsp3) is 0.467. The van der Waals surface area contributed by atoms with Gasteiger partial charge in [0.25, 0.3) is 0 Å². The Kier molecular flexibility index (Phi) is 5.55. The third-order valence-corrected chi connectivity index (χ3v) is 4.28. The van der Waals surface area contributed by atoms with Gasteiger partial charge in [0.2, 0.25) is 0 Å². The maximum absolute atomic E-state index is 13.5. The van der Waals surface area contributed by atoms with Crippen molar-refractivity contribution in [3.63, 3.8) is 0 Å². The van der Waals surface area contributed by atoms with Gasteiger partial charge in [0.1, 0.15) is 5.82 Å². The summed E-state index contributed by atoms with van der Waals surface area (Å²) in [6, 6.07) is 5.20. The second-order valence-corrected chi connectivity index (χ2v) is 5.69. The number of benzene rings is 1. The average molecular weight is 327 g/mol. The van der Waals surface area contributed by atoms with Crippen LogP contribution in [0.2, 0.25) is 0 Å². The van der Waals surface area contributed by atoms with E-state index < -0.39 is 0 Å². The zero-order chi connectivity index (χ0) is 13.7. The van der Waals surface area contributed by atoms with Crippen LogP contribution in [0.5, 0.6) is 0 Å². The molecule has 2 rings (SSSR count). The molecule has 0 spiro atoms. The van der Waals surface area contributed by atoms with Crippen LogP contribution in [0.4, 0.5) is 4.39 Å². The molecular formula is C15H20BrFN2. The normalized spacial score (nSPS) is 18.2. The van der Waals surface area contributed by atoms with E-state index in [2.05, 4.69) is 32.7 Å². The van der Waals surface area contributed by atoms with Crippen molar-refractivity contribution in [2.24, 2.45) is 0 Å². The highest BCUT2D eigenvalue weighted by Crippen LogP contribution is 2.32. The summed E-state index contributed by atoms with van der Waals surface area (Å²) >= 11 is 3.55. The van der Waals surface area contributed by atoms with Crippen LogP contribution in [-0.2, 0) is 0 Å². The number of rotatable bonds is 5. The summed E-state index contributed by atoms with van der Waals surface area (Å²) in [4.78, 5) is 2.43. The zero-order valence-electron chi connectivity index (χ0n) is 11.0. The maximum Gasteiger partial charge on any atom is 0.123 e. The van der Waals surface area contributed by atoms with E-state index in [-0.39, 0.29) is 11.9 Å². The molecule has 1 fully saturated rings. The van der Waals surface area contributed by atoms with E-state index in [1.165, 1.54) is 6.07 Å². The van der Waals surface area contributed by atoms with Crippen molar-refractivity contribution in [1.29, 1.82) is 0 Å². The van der Waals surface area contributed by atoms with Crippen molar-refractivity contribution in [3.8, 4) is 0 Å². The molecule has 19 heavy (non-hydrogen) atoms. The highest BCUT2D eigenvalue weighted by molar-refractivity contribution is 9.10. The molecule has 1 aromatic rings. The minimum Gasteiger partial charge on any atom is -0.314 e. The summed E-state index contributed by atoms with van der Waals surface area (Å²) in [5.74, 6) is -0.170. The molecule has 1 N–H and O–H groups in total. The standard InChI is InChI=1S/C15H20BrFN2/c1-2-3-4-15(19-9-7-18-8-10-19)13-11-12(17)5-6-14(13)16/h2,5-6,11,15,18H,1,3-4,7-10H2/t15-/m0/s1. The Balaban J connectivity index is 2.24. The molecule has 0 amide bonds. The highest BCUT2D eigenvalue weighted by atomic mass is 79.9. The van der Waals surface area contributed by atoms with E-state index >= 15 is 0 Å². The van der Waals surface area contributed by atoms with Gasteiger partial charge in [-0.15, -0.1) is 6.58 Å². The van der Waals surface area contributed by atoms with E-state index in [1.54, 1.807) is 12.1 Å². The number of nitrogens with one attached hydrogen (secondary N) is 1. The summed E-state index contributed by atoms with van der Waals surface area (Å²) in [5, 5.41) is 3.36. The van der Waals surface area contributed by atoms with Crippen molar-refractivity contribution in [2.75, 3.05) is 26.2 Å². The van der Waals surface area contributed by atoms with Gasteiger partial charge in [-0.25, -0.2) is 4.39 Å². The SMILES string of the molecule is C=CCC[C@@H](c1cc(F)ccc1Br)N1CCNCC1. The Bertz CT molecular complexity index is 430. The van der Waals surface area contributed by atoms with Gasteiger partial charge in [-0.2, -0.15) is 0 Å². The molecule has 1 heterocycles. The van der Waals surface area contributed by atoms with Gasteiger partial charge in [-0.1, -0.05) is 22.0 Å². The monoisotopic (exact) mass is 326 g/mol. The summed E-state index contributed by atoms with van der Waals surface area (Å²) < 4.78 is 14.5. The van der Waals surface area contributed by atoms with Gasteiger partial charge < -0.3 is 5.32 Å². The summed E-state index contributed by atoms with van der Waals surface area (Å²) in [6.07, 6.45) is 3.85. The zero-order valence-corrected chi connectivity index (χ0v) is 12.6. The molecule has 1 atom stereocenters. The van der Waals surface area contributed by atoms with Crippen LogP contribution in [0.25, 0.3) is 0 Å². The minimum atomic E-state index is -0.170. The Morgan fingerprint density at radius 2 is 2.16 bits per heavy atom. The largest absolute Gasteiger partial charge is 0.314 e. The number of piperazine rings is 1. The lowest BCUT2D eigenvalue weighted by molar-refractivity contribution is 0.165. The van der Waals surface area contributed by atoms with Crippen LogP contribution in [0.3, 0.4) is 0 Å². The first-order chi connectivity index (χ1) is 9.22. The Hall–Kier alpha value is -0.710. The summed E-state index contributed by atoms with van der Waals surface area (Å²) in [6.45, 7) is 7.80. The van der Waals surface area contributed by atoms with E-state index in [0.29, 0.717) is 0 Å². The molecule has 2 nitrogen and oxygen atoms in total. The van der Waals surface area contributed by atoms with E-state index in [1.807, 2.05) is 6.08 Å². The fourth-order valence-corrected chi connectivity index (χ4v) is 3.09. The van der Waals surface area contributed by atoms with Crippen LogP contribution < -0.4 is 5.32 Å². The van der Waals surface area contributed by atoms with Crippen molar-refractivity contribution in [3.05, 3.63) is 46.7 Å². The number of hydrogen-bond acceptors (Lipinski definition) is 2. The third kappa shape index (κ3) is 3.88. The second kappa shape index (κ2) is 7.17. The van der Waals surface area contributed by atoms with E-state index in [9.17, 15) is 4.39 Å². The van der Waals surface area contributed by atoms with Crippen LogP contribution in [-0.4, -0.2) is 31.1 Å². The van der Waals surface area contributed by atoms with Gasteiger partial charge in [-0.3, -0.25) is 4.90 Å². The van der Waals surface area contributed by atoms with Gasteiger partial charge in [0.15, 0.2) is 0 Å². The van der Waals surface area contributed by atoms with Gasteiger partial charge in [-0.05, 0) is 36.6 Å². The Labute approximate surface area is 122 Å².